The zero-order valence-electron chi connectivity index (χ0n) is 17.9. The molecule has 8 heteroatoms. The number of aromatic amines is 1. The number of carbonyl (C=O) groups is 1. The lowest BCUT2D eigenvalue weighted by atomic mass is 10.1. The summed E-state index contributed by atoms with van der Waals surface area (Å²) in [5.74, 6) is 1.77. The largest absolute Gasteiger partial charge is 0.491 e. The molecule has 0 aliphatic carbocycles. The lowest BCUT2D eigenvalue weighted by Gasteiger charge is -2.09. The van der Waals surface area contributed by atoms with Gasteiger partial charge < -0.3 is 10.1 Å². The highest BCUT2D eigenvalue weighted by atomic mass is 16.5. The van der Waals surface area contributed by atoms with Crippen LogP contribution in [0.2, 0.25) is 0 Å². The van der Waals surface area contributed by atoms with E-state index < -0.39 is 0 Å². The fourth-order valence-corrected chi connectivity index (χ4v) is 3.15. The molecule has 4 aromatic rings. The first kappa shape index (κ1) is 20.5. The molecule has 0 unspecified atom stereocenters. The van der Waals surface area contributed by atoms with Crippen molar-refractivity contribution < 1.29 is 9.53 Å². The number of hydrogen-bond donors (Lipinski definition) is 2. The molecule has 0 aliphatic rings. The molecule has 4 rings (SSSR count). The number of ether oxygens (including phenoxy) is 1. The second-order valence-corrected chi connectivity index (χ2v) is 7.81. The Balaban J connectivity index is 1.59. The molecule has 8 nitrogen and oxygen atoms in total. The number of pyridine rings is 1. The molecule has 0 aliphatic heterocycles. The molecule has 0 atom stereocenters. The number of anilines is 1. The van der Waals surface area contributed by atoms with Crippen molar-refractivity contribution >= 4 is 22.6 Å². The summed E-state index contributed by atoms with van der Waals surface area (Å²) in [5.41, 5.74) is 2.85. The van der Waals surface area contributed by atoms with Crippen LogP contribution in [-0.2, 0) is 0 Å². The molecule has 1 aromatic carbocycles. The number of H-pyrrole nitrogens is 1. The molecule has 0 fully saturated rings. The maximum absolute atomic E-state index is 12.6. The summed E-state index contributed by atoms with van der Waals surface area (Å²) in [6.07, 6.45) is 4.77. The van der Waals surface area contributed by atoms with Gasteiger partial charge in [0.1, 0.15) is 23.1 Å². The fraction of sp³-hybridized carbons (Fsp3) is 0.261. The average molecular weight is 416 g/mol. The smallest absolute Gasteiger partial charge is 0.259 e. The number of nitrogens with zero attached hydrogens (tertiary/aromatic N) is 4. The second-order valence-electron chi connectivity index (χ2n) is 7.81. The van der Waals surface area contributed by atoms with E-state index in [1.807, 2.05) is 52.0 Å². The summed E-state index contributed by atoms with van der Waals surface area (Å²) in [6, 6.07) is 9.44. The molecule has 2 N–H and O–H groups in total. The monoisotopic (exact) mass is 416 g/mol. The highest BCUT2D eigenvalue weighted by Gasteiger charge is 2.13. The molecule has 31 heavy (non-hydrogen) atoms. The normalized spacial score (nSPS) is 11.3. The summed E-state index contributed by atoms with van der Waals surface area (Å²) in [5, 5.41) is 11.2. The predicted molar refractivity (Wildman–Crippen MR) is 119 cm³/mol. The summed E-state index contributed by atoms with van der Waals surface area (Å²) in [7, 11) is 0. The van der Waals surface area contributed by atoms with Crippen LogP contribution in [0.1, 0.15) is 49.8 Å². The van der Waals surface area contributed by atoms with E-state index in [9.17, 15) is 4.79 Å². The van der Waals surface area contributed by atoms with Crippen molar-refractivity contribution in [3.63, 3.8) is 0 Å². The standard InChI is InChI=1S/C23H24N6O2/c1-13(2)22-25-11-16(12-26-22)23(30)27-20-9-15(7-8-24-20)21-18-10-17(31-14(3)4)5-6-19(18)28-29-21/h5-14H,1-4H3,(H,28,29)(H,24,27,30). The Bertz CT molecular complexity index is 1210. The van der Waals surface area contributed by atoms with Gasteiger partial charge in [0.15, 0.2) is 0 Å². The lowest BCUT2D eigenvalue weighted by molar-refractivity contribution is 0.102. The van der Waals surface area contributed by atoms with Gasteiger partial charge in [-0.25, -0.2) is 15.0 Å². The Morgan fingerprint density at radius 2 is 1.81 bits per heavy atom. The second kappa shape index (κ2) is 8.51. The minimum absolute atomic E-state index is 0.0779. The van der Waals surface area contributed by atoms with Crippen LogP contribution in [0.3, 0.4) is 0 Å². The number of rotatable bonds is 6. The van der Waals surface area contributed by atoms with Gasteiger partial charge in [-0.05, 0) is 44.2 Å². The van der Waals surface area contributed by atoms with E-state index in [0.29, 0.717) is 17.2 Å². The molecule has 0 bridgehead atoms. The van der Waals surface area contributed by atoms with Gasteiger partial charge in [0, 0.05) is 35.5 Å². The van der Waals surface area contributed by atoms with Crippen molar-refractivity contribution in [3.05, 3.63) is 60.3 Å². The maximum Gasteiger partial charge on any atom is 0.259 e. The molecule has 1 amide bonds. The van der Waals surface area contributed by atoms with E-state index in [1.165, 1.54) is 12.4 Å². The molecular formula is C23H24N6O2. The van der Waals surface area contributed by atoms with Crippen LogP contribution in [0, 0.1) is 0 Å². The SMILES string of the molecule is CC(C)Oc1ccc2[nH]nc(-c3ccnc(NC(=O)c4cnc(C(C)C)nc4)c3)c2c1. The highest BCUT2D eigenvalue weighted by Crippen LogP contribution is 2.30. The van der Waals surface area contributed by atoms with Crippen LogP contribution in [0.25, 0.3) is 22.2 Å². The van der Waals surface area contributed by atoms with Gasteiger partial charge in [-0.1, -0.05) is 13.8 Å². The van der Waals surface area contributed by atoms with E-state index >= 15 is 0 Å². The van der Waals surface area contributed by atoms with Gasteiger partial charge in [-0.3, -0.25) is 9.89 Å². The van der Waals surface area contributed by atoms with Crippen LogP contribution in [0.15, 0.2) is 48.9 Å². The molecule has 0 saturated heterocycles. The third kappa shape index (κ3) is 4.53. The average Bonchev–Trinajstić information content (AvgIpc) is 3.17. The Morgan fingerprint density at radius 1 is 1.03 bits per heavy atom. The van der Waals surface area contributed by atoms with Gasteiger partial charge in [-0.15, -0.1) is 0 Å². The quantitative estimate of drug-likeness (QED) is 0.477. The first-order valence-corrected chi connectivity index (χ1v) is 10.1. The summed E-state index contributed by atoms with van der Waals surface area (Å²) < 4.78 is 5.81. The van der Waals surface area contributed by atoms with Crippen molar-refractivity contribution in [3.8, 4) is 17.0 Å². The Hall–Kier alpha value is -3.81. The molecule has 0 spiro atoms. The summed E-state index contributed by atoms with van der Waals surface area (Å²) in [6.45, 7) is 7.97. The van der Waals surface area contributed by atoms with Crippen LogP contribution in [0.5, 0.6) is 5.75 Å². The minimum Gasteiger partial charge on any atom is -0.491 e. The van der Waals surface area contributed by atoms with Gasteiger partial charge in [-0.2, -0.15) is 5.10 Å². The number of nitrogens with one attached hydrogen (secondary N) is 2. The summed E-state index contributed by atoms with van der Waals surface area (Å²) >= 11 is 0. The van der Waals surface area contributed by atoms with Crippen molar-refractivity contribution in [1.82, 2.24) is 25.1 Å². The van der Waals surface area contributed by atoms with Crippen molar-refractivity contribution in [2.24, 2.45) is 0 Å². The number of carbonyl (C=O) groups excluding carboxylic acids is 1. The van der Waals surface area contributed by atoms with E-state index in [1.54, 1.807) is 12.3 Å². The van der Waals surface area contributed by atoms with Crippen LogP contribution in [0.4, 0.5) is 5.82 Å². The van der Waals surface area contributed by atoms with Gasteiger partial charge in [0.05, 0.1) is 17.2 Å². The Kier molecular flexibility index (Phi) is 5.62. The van der Waals surface area contributed by atoms with Crippen LogP contribution < -0.4 is 10.1 Å². The van der Waals surface area contributed by atoms with Crippen molar-refractivity contribution in [1.29, 1.82) is 0 Å². The Labute approximate surface area is 180 Å². The first-order chi connectivity index (χ1) is 14.9. The first-order valence-electron chi connectivity index (χ1n) is 10.1. The third-order valence-corrected chi connectivity index (χ3v) is 4.63. The van der Waals surface area contributed by atoms with E-state index in [4.69, 9.17) is 4.74 Å². The fourth-order valence-electron chi connectivity index (χ4n) is 3.15. The van der Waals surface area contributed by atoms with Crippen molar-refractivity contribution in [2.45, 2.75) is 39.7 Å². The number of benzene rings is 1. The zero-order chi connectivity index (χ0) is 22.0. The van der Waals surface area contributed by atoms with Crippen LogP contribution in [-0.4, -0.2) is 37.2 Å². The molecule has 3 aromatic heterocycles. The lowest BCUT2D eigenvalue weighted by Crippen LogP contribution is -2.14. The highest BCUT2D eigenvalue weighted by molar-refractivity contribution is 6.03. The number of hydrogen-bond acceptors (Lipinski definition) is 6. The van der Waals surface area contributed by atoms with E-state index in [2.05, 4.69) is 30.5 Å². The number of aromatic nitrogens is 5. The zero-order valence-corrected chi connectivity index (χ0v) is 17.9. The van der Waals surface area contributed by atoms with Crippen LogP contribution >= 0.6 is 0 Å². The predicted octanol–water partition coefficient (Wildman–Crippen LogP) is 4.58. The molecular weight excluding hydrogens is 392 g/mol. The topological polar surface area (TPSA) is 106 Å². The van der Waals surface area contributed by atoms with Gasteiger partial charge in [0.2, 0.25) is 0 Å². The molecule has 0 saturated carbocycles. The third-order valence-electron chi connectivity index (χ3n) is 4.63. The molecule has 158 valence electrons. The molecule has 3 heterocycles. The molecule has 0 radical (unpaired) electrons. The van der Waals surface area contributed by atoms with Crippen molar-refractivity contribution in [2.75, 3.05) is 5.32 Å². The van der Waals surface area contributed by atoms with Gasteiger partial charge >= 0.3 is 0 Å². The number of fused-ring (bicyclic) bond motifs is 1. The van der Waals surface area contributed by atoms with E-state index in [-0.39, 0.29) is 17.9 Å². The van der Waals surface area contributed by atoms with Gasteiger partial charge in [0.25, 0.3) is 5.91 Å². The summed E-state index contributed by atoms with van der Waals surface area (Å²) in [4.78, 5) is 25.3. The van der Waals surface area contributed by atoms with E-state index in [0.717, 1.165) is 27.9 Å². The number of amides is 1. The maximum atomic E-state index is 12.6. The minimum atomic E-state index is -0.320. The Morgan fingerprint density at radius 3 is 2.52 bits per heavy atom.